The Morgan fingerprint density at radius 1 is 1.25 bits per heavy atom. The fourth-order valence-corrected chi connectivity index (χ4v) is 4.26. The summed E-state index contributed by atoms with van der Waals surface area (Å²) in [4.78, 5) is 45.6. The molecule has 1 aromatic rings. The van der Waals surface area contributed by atoms with Crippen LogP contribution in [0.15, 0.2) is 29.4 Å². The van der Waals surface area contributed by atoms with Crippen LogP contribution in [0.25, 0.3) is 0 Å². The summed E-state index contributed by atoms with van der Waals surface area (Å²) in [5.74, 6) is -0.421. The molecule has 0 aliphatic carbocycles. The number of imide groups is 1. The predicted octanol–water partition coefficient (Wildman–Crippen LogP) is 1.77. The van der Waals surface area contributed by atoms with E-state index in [1.54, 1.807) is 17.9 Å². The van der Waals surface area contributed by atoms with E-state index < -0.39 is 17.2 Å². The van der Waals surface area contributed by atoms with Gasteiger partial charge < -0.3 is 15.1 Å². The highest BCUT2D eigenvalue weighted by molar-refractivity contribution is 6.34. The van der Waals surface area contributed by atoms with E-state index in [1.165, 1.54) is 7.05 Å². The molecule has 2 saturated heterocycles. The fourth-order valence-electron chi connectivity index (χ4n) is 4.01. The second-order valence-corrected chi connectivity index (χ2v) is 8.09. The molecule has 1 unspecified atom stereocenters. The number of nitrogens with zero attached hydrogens (tertiary/aromatic N) is 3. The molecule has 3 aliphatic rings. The molecule has 3 aliphatic heterocycles. The van der Waals surface area contributed by atoms with Crippen molar-refractivity contribution < 1.29 is 19.2 Å². The number of carbonyl (C=O) groups is 3. The average Bonchev–Trinajstić information content (AvgIpc) is 3.18. The van der Waals surface area contributed by atoms with Gasteiger partial charge in [0.15, 0.2) is 0 Å². The second-order valence-electron chi connectivity index (χ2n) is 7.69. The largest absolute Gasteiger partial charge is 0.379 e. The number of halogens is 1. The molecule has 0 radical (unpaired) electrons. The highest BCUT2D eigenvalue weighted by atomic mass is 35.5. The van der Waals surface area contributed by atoms with Crippen LogP contribution in [0.2, 0.25) is 5.02 Å². The van der Waals surface area contributed by atoms with Crippen molar-refractivity contribution in [3.63, 3.8) is 0 Å². The molecule has 0 saturated carbocycles. The van der Waals surface area contributed by atoms with Crippen molar-refractivity contribution in [2.24, 2.45) is 5.16 Å². The van der Waals surface area contributed by atoms with E-state index in [2.05, 4.69) is 10.5 Å². The van der Waals surface area contributed by atoms with E-state index >= 15 is 0 Å². The Hall–Kier alpha value is -2.61. The number of piperidine rings is 1. The molecule has 2 fully saturated rings. The standard InChI is InChI=1S/C19H21ClN4O4/c1-18(11-14(22-28-18)12-5-3-4-6-13(12)20)15(25)24-9-7-19(8-10-24)16(26)23(2)17(27)21-19/h3-6H,7-11H2,1-2H3,(H,21,27). The lowest BCUT2D eigenvalue weighted by molar-refractivity contribution is -0.156. The number of benzene rings is 1. The summed E-state index contributed by atoms with van der Waals surface area (Å²) in [6.45, 7) is 2.43. The Balaban J connectivity index is 1.43. The minimum atomic E-state index is -1.11. The maximum Gasteiger partial charge on any atom is 0.324 e. The predicted molar refractivity (Wildman–Crippen MR) is 102 cm³/mol. The number of oxime groups is 1. The van der Waals surface area contributed by atoms with E-state index in [0.717, 1.165) is 10.5 Å². The van der Waals surface area contributed by atoms with Gasteiger partial charge >= 0.3 is 6.03 Å². The van der Waals surface area contributed by atoms with Crippen LogP contribution in [0, 0.1) is 0 Å². The zero-order valence-corrected chi connectivity index (χ0v) is 16.5. The van der Waals surface area contributed by atoms with Crippen molar-refractivity contribution in [2.45, 2.75) is 37.3 Å². The molecule has 28 heavy (non-hydrogen) atoms. The molecule has 1 aromatic carbocycles. The number of likely N-dealkylation sites (tertiary alicyclic amines) is 1. The summed E-state index contributed by atoms with van der Waals surface area (Å²) >= 11 is 6.23. The Kier molecular flexibility index (Phi) is 4.33. The van der Waals surface area contributed by atoms with E-state index in [9.17, 15) is 14.4 Å². The first kappa shape index (κ1) is 18.7. The Bertz CT molecular complexity index is 894. The molecule has 1 spiro atoms. The number of amides is 4. The van der Waals surface area contributed by atoms with Crippen LogP contribution in [-0.4, -0.2) is 64.6 Å². The summed E-state index contributed by atoms with van der Waals surface area (Å²) in [6, 6.07) is 6.90. The number of nitrogens with one attached hydrogen (secondary N) is 1. The number of hydrogen-bond acceptors (Lipinski definition) is 5. The summed E-state index contributed by atoms with van der Waals surface area (Å²) in [6.07, 6.45) is 1.07. The van der Waals surface area contributed by atoms with Crippen LogP contribution in [-0.2, 0) is 14.4 Å². The van der Waals surface area contributed by atoms with Gasteiger partial charge in [-0.25, -0.2) is 4.79 Å². The third-order valence-electron chi connectivity index (χ3n) is 5.77. The summed E-state index contributed by atoms with van der Waals surface area (Å²) in [7, 11) is 1.46. The monoisotopic (exact) mass is 404 g/mol. The summed E-state index contributed by atoms with van der Waals surface area (Å²) < 4.78 is 0. The molecule has 0 aromatic heterocycles. The third kappa shape index (κ3) is 2.83. The van der Waals surface area contributed by atoms with Gasteiger partial charge in [0.05, 0.1) is 5.71 Å². The van der Waals surface area contributed by atoms with Crippen LogP contribution in [0.4, 0.5) is 4.79 Å². The van der Waals surface area contributed by atoms with Crippen LogP contribution in [0.1, 0.15) is 31.7 Å². The Morgan fingerprint density at radius 2 is 1.93 bits per heavy atom. The van der Waals surface area contributed by atoms with Gasteiger partial charge in [0.2, 0.25) is 5.60 Å². The Labute approximate surface area is 167 Å². The minimum Gasteiger partial charge on any atom is -0.379 e. The lowest BCUT2D eigenvalue weighted by Gasteiger charge is -2.39. The molecule has 1 N–H and O–H groups in total. The van der Waals surface area contributed by atoms with Gasteiger partial charge in [-0.2, -0.15) is 0 Å². The molecule has 9 heteroatoms. The first-order valence-corrected chi connectivity index (χ1v) is 9.53. The van der Waals surface area contributed by atoms with Crippen molar-refractivity contribution in [1.82, 2.24) is 15.1 Å². The normalized spacial score (nSPS) is 26.3. The topological polar surface area (TPSA) is 91.3 Å². The zero-order chi connectivity index (χ0) is 20.1. The number of hydrogen-bond donors (Lipinski definition) is 1. The van der Waals surface area contributed by atoms with Gasteiger partial charge in [-0.1, -0.05) is 35.0 Å². The maximum atomic E-state index is 13.1. The van der Waals surface area contributed by atoms with Crippen molar-refractivity contribution in [1.29, 1.82) is 0 Å². The van der Waals surface area contributed by atoms with E-state index in [1.807, 2.05) is 18.2 Å². The SMILES string of the molecule is CN1C(=O)NC2(CCN(C(=O)C3(C)CC(c4ccccc4Cl)=NO3)CC2)C1=O. The first-order chi connectivity index (χ1) is 13.3. The molecular weight excluding hydrogens is 384 g/mol. The Morgan fingerprint density at radius 3 is 2.54 bits per heavy atom. The second kappa shape index (κ2) is 6.48. The van der Waals surface area contributed by atoms with Crippen molar-refractivity contribution in [2.75, 3.05) is 20.1 Å². The van der Waals surface area contributed by atoms with E-state index in [4.69, 9.17) is 16.4 Å². The number of rotatable bonds is 2. The van der Waals surface area contributed by atoms with Crippen LogP contribution >= 0.6 is 11.6 Å². The summed E-state index contributed by atoms with van der Waals surface area (Å²) in [5.41, 5.74) is -0.631. The van der Waals surface area contributed by atoms with Gasteiger partial charge in [0, 0.05) is 37.1 Å². The van der Waals surface area contributed by atoms with Gasteiger partial charge in [-0.15, -0.1) is 0 Å². The molecule has 4 amide bonds. The average molecular weight is 405 g/mol. The van der Waals surface area contributed by atoms with E-state index in [0.29, 0.717) is 43.1 Å². The minimum absolute atomic E-state index is 0.182. The highest BCUT2D eigenvalue weighted by Crippen LogP contribution is 2.34. The molecular formula is C19H21ClN4O4. The number of likely N-dealkylation sites (N-methyl/N-ethyl adjacent to an activating group) is 1. The lowest BCUT2D eigenvalue weighted by Crippen LogP contribution is -2.58. The van der Waals surface area contributed by atoms with Gasteiger partial charge in [-0.05, 0) is 25.8 Å². The maximum absolute atomic E-state index is 13.1. The van der Waals surface area contributed by atoms with E-state index in [-0.39, 0.29) is 11.8 Å². The lowest BCUT2D eigenvalue weighted by atomic mass is 9.86. The van der Waals surface area contributed by atoms with Crippen LogP contribution in [0.5, 0.6) is 0 Å². The van der Waals surface area contributed by atoms with Crippen molar-refractivity contribution >= 4 is 35.2 Å². The van der Waals surface area contributed by atoms with Crippen molar-refractivity contribution in [3.8, 4) is 0 Å². The van der Waals surface area contributed by atoms with Crippen molar-refractivity contribution in [3.05, 3.63) is 34.9 Å². The fraction of sp³-hybridized carbons (Fsp3) is 0.474. The van der Waals surface area contributed by atoms with Crippen LogP contribution in [0.3, 0.4) is 0 Å². The van der Waals surface area contributed by atoms with Gasteiger partial charge in [0.25, 0.3) is 11.8 Å². The number of urea groups is 1. The summed E-state index contributed by atoms with van der Waals surface area (Å²) in [5, 5.41) is 7.44. The van der Waals surface area contributed by atoms with Gasteiger partial charge in [-0.3, -0.25) is 14.5 Å². The molecule has 3 heterocycles. The molecule has 4 rings (SSSR count). The molecule has 0 bridgehead atoms. The highest BCUT2D eigenvalue weighted by Gasteiger charge is 2.53. The third-order valence-corrected chi connectivity index (χ3v) is 6.10. The zero-order valence-electron chi connectivity index (χ0n) is 15.7. The first-order valence-electron chi connectivity index (χ1n) is 9.15. The number of carbonyl (C=O) groups excluding carboxylic acids is 3. The molecule has 1 atom stereocenters. The molecule has 148 valence electrons. The quantitative estimate of drug-likeness (QED) is 0.760. The smallest absolute Gasteiger partial charge is 0.324 e. The molecule has 8 nitrogen and oxygen atoms in total. The van der Waals surface area contributed by atoms with Gasteiger partial charge in [0.1, 0.15) is 5.54 Å². The van der Waals surface area contributed by atoms with Crippen LogP contribution < -0.4 is 5.32 Å².